The smallest absolute Gasteiger partial charge is 0.410 e. The van der Waals surface area contributed by atoms with Gasteiger partial charge in [0, 0.05) is 13.1 Å². The quantitative estimate of drug-likeness (QED) is 0.436. The molecule has 0 aromatic heterocycles. The molecule has 1 aliphatic carbocycles. The van der Waals surface area contributed by atoms with Crippen molar-refractivity contribution in [3.8, 4) is 0 Å². The number of nitrogens with zero attached hydrogens (tertiary/aromatic N) is 1. The molecule has 1 aliphatic heterocycles. The number of carbonyl (C=O) groups excluding carboxylic acids is 1. The van der Waals surface area contributed by atoms with E-state index in [4.69, 9.17) is 9.47 Å². The highest BCUT2D eigenvalue weighted by molar-refractivity contribution is 5.67. The lowest BCUT2D eigenvalue weighted by molar-refractivity contribution is 0.0457. The molecule has 0 bridgehead atoms. The highest BCUT2D eigenvalue weighted by Gasteiger charge is 2.43. The van der Waals surface area contributed by atoms with Crippen LogP contribution in [0.2, 0.25) is 0 Å². The van der Waals surface area contributed by atoms with Crippen LogP contribution in [-0.2, 0) is 22.7 Å². The Kier molecular flexibility index (Phi) is 6.85. The Balaban J connectivity index is 1.11. The van der Waals surface area contributed by atoms with E-state index < -0.39 is 0 Å². The molecule has 2 aliphatic rings. The minimum absolute atomic E-state index is 0.181. The number of carbonyl (C=O) groups is 1. The molecule has 30 heavy (non-hydrogen) atoms. The van der Waals surface area contributed by atoms with Crippen LogP contribution in [0.15, 0.2) is 72.3 Å². The molecule has 1 saturated heterocycles. The average molecular weight is 406 g/mol. The monoisotopic (exact) mass is 405 g/mol. The minimum atomic E-state index is -0.181. The van der Waals surface area contributed by atoms with Gasteiger partial charge in [0.05, 0.1) is 13.2 Å². The number of hydrogen-bond donors (Lipinski definition) is 0. The van der Waals surface area contributed by atoms with Crippen LogP contribution >= 0.6 is 0 Å². The molecule has 0 N–H and O–H groups in total. The number of allylic oxidation sites excluding steroid dienone is 1. The second-order valence-electron chi connectivity index (χ2n) is 8.57. The number of benzene rings is 2. The largest absolute Gasteiger partial charge is 0.445 e. The predicted octanol–water partition coefficient (Wildman–Crippen LogP) is 5.73. The van der Waals surface area contributed by atoms with Gasteiger partial charge in [-0.1, -0.05) is 72.3 Å². The van der Waals surface area contributed by atoms with Crippen LogP contribution in [0.3, 0.4) is 0 Å². The van der Waals surface area contributed by atoms with Crippen LogP contribution in [0.25, 0.3) is 0 Å². The summed E-state index contributed by atoms with van der Waals surface area (Å²) in [5.41, 5.74) is 4.22. The Morgan fingerprint density at radius 1 is 0.900 bits per heavy atom. The first kappa shape index (κ1) is 20.7. The summed E-state index contributed by atoms with van der Waals surface area (Å²) in [7, 11) is 0. The zero-order valence-electron chi connectivity index (χ0n) is 17.6. The SMILES string of the molecule is O=C(OCc1ccccc1)N1CCC2(CC1)CC(=CCCOCc1ccccc1)C2. The van der Waals surface area contributed by atoms with Crippen molar-refractivity contribution in [1.29, 1.82) is 0 Å². The molecule has 4 heteroatoms. The molecule has 0 atom stereocenters. The van der Waals surface area contributed by atoms with Crippen LogP contribution in [-0.4, -0.2) is 30.7 Å². The van der Waals surface area contributed by atoms with Crippen molar-refractivity contribution >= 4 is 6.09 Å². The summed E-state index contributed by atoms with van der Waals surface area (Å²) in [4.78, 5) is 14.2. The van der Waals surface area contributed by atoms with Gasteiger partial charge in [0.15, 0.2) is 0 Å². The van der Waals surface area contributed by atoms with Crippen LogP contribution < -0.4 is 0 Å². The van der Waals surface area contributed by atoms with Gasteiger partial charge < -0.3 is 14.4 Å². The van der Waals surface area contributed by atoms with Gasteiger partial charge in [0.25, 0.3) is 0 Å². The molecular formula is C26H31NO3. The number of piperidine rings is 1. The summed E-state index contributed by atoms with van der Waals surface area (Å²) >= 11 is 0. The van der Waals surface area contributed by atoms with Crippen molar-refractivity contribution in [3.05, 3.63) is 83.4 Å². The number of likely N-dealkylation sites (tertiary alicyclic amines) is 1. The minimum Gasteiger partial charge on any atom is -0.445 e. The molecule has 2 fully saturated rings. The molecule has 1 saturated carbocycles. The molecule has 4 rings (SSSR count). The van der Waals surface area contributed by atoms with E-state index in [1.54, 1.807) is 5.57 Å². The first-order chi connectivity index (χ1) is 14.7. The van der Waals surface area contributed by atoms with Crippen molar-refractivity contribution < 1.29 is 14.3 Å². The highest BCUT2D eigenvalue weighted by atomic mass is 16.6. The lowest BCUT2D eigenvalue weighted by Gasteiger charge is -2.49. The van der Waals surface area contributed by atoms with Crippen molar-refractivity contribution in [2.45, 2.75) is 45.3 Å². The fourth-order valence-electron chi connectivity index (χ4n) is 4.49. The molecular weight excluding hydrogens is 374 g/mol. The molecule has 2 aromatic carbocycles. The summed E-state index contributed by atoms with van der Waals surface area (Å²) in [6.45, 7) is 3.42. The maximum atomic E-state index is 12.3. The third-order valence-corrected chi connectivity index (χ3v) is 6.30. The molecule has 1 amide bonds. The van der Waals surface area contributed by atoms with Gasteiger partial charge in [-0.25, -0.2) is 4.79 Å². The Bertz CT molecular complexity index is 829. The average Bonchev–Trinajstić information content (AvgIpc) is 2.78. The summed E-state index contributed by atoms with van der Waals surface area (Å²) in [6, 6.07) is 20.2. The van der Waals surface area contributed by atoms with E-state index in [-0.39, 0.29) is 6.09 Å². The third kappa shape index (κ3) is 5.51. The van der Waals surface area contributed by atoms with Crippen LogP contribution in [0.5, 0.6) is 0 Å². The van der Waals surface area contributed by atoms with E-state index in [1.165, 1.54) is 18.4 Å². The molecule has 158 valence electrons. The Morgan fingerprint density at radius 3 is 2.13 bits per heavy atom. The van der Waals surface area contributed by atoms with Gasteiger partial charge in [-0.2, -0.15) is 0 Å². The number of rotatable bonds is 7. The predicted molar refractivity (Wildman–Crippen MR) is 118 cm³/mol. The lowest BCUT2D eigenvalue weighted by atomic mass is 9.60. The Morgan fingerprint density at radius 2 is 1.50 bits per heavy atom. The van der Waals surface area contributed by atoms with E-state index in [0.29, 0.717) is 18.6 Å². The third-order valence-electron chi connectivity index (χ3n) is 6.30. The van der Waals surface area contributed by atoms with E-state index >= 15 is 0 Å². The van der Waals surface area contributed by atoms with Crippen LogP contribution in [0.4, 0.5) is 4.79 Å². The standard InChI is InChI=1S/C26H31NO3/c28-25(30-21-23-10-5-2-6-11-23)27-15-13-26(14-16-27)18-24(19-26)12-7-17-29-20-22-8-3-1-4-9-22/h1-6,8-12H,7,13-21H2. The van der Waals surface area contributed by atoms with Crippen molar-refractivity contribution in [3.63, 3.8) is 0 Å². The first-order valence-corrected chi connectivity index (χ1v) is 11.0. The van der Waals surface area contributed by atoms with E-state index in [0.717, 1.165) is 44.5 Å². The summed E-state index contributed by atoms with van der Waals surface area (Å²) in [5, 5.41) is 0. The van der Waals surface area contributed by atoms with Crippen molar-refractivity contribution in [2.75, 3.05) is 19.7 Å². The van der Waals surface area contributed by atoms with Gasteiger partial charge in [-0.3, -0.25) is 0 Å². The molecule has 4 nitrogen and oxygen atoms in total. The normalized spacial score (nSPS) is 17.5. The van der Waals surface area contributed by atoms with Gasteiger partial charge in [0.1, 0.15) is 6.61 Å². The van der Waals surface area contributed by atoms with Gasteiger partial charge in [-0.05, 0) is 48.6 Å². The second kappa shape index (κ2) is 9.94. The maximum absolute atomic E-state index is 12.3. The topological polar surface area (TPSA) is 38.8 Å². The fraction of sp³-hybridized carbons (Fsp3) is 0.423. The molecule has 1 spiro atoms. The number of hydrogen-bond acceptors (Lipinski definition) is 3. The molecule has 1 heterocycles. The van der Waals surface area contributed by atoms with Crippen molar-refractivity contribution in [1.82, 2.24) is 4.90 Å². The van der Waals surface area contributed by atoms with Crippen molar-refractivity contribution in [2.24, 2.45) is 5.41 Å². The maximum Gasteiger partial charge on any atom is 0.410 e. The van der Waals surface area contributed by atoms with Crippen LogP contribution in [0, 0.1) is 5.41 Å². The highest BCUT2D eigenvalue weighted by Crippen LogP contribution is 2.52. The van der Waals surface area contributed by atoms with E-state index in [1.807, 2.05) is 53.4 Å². The van der Waals surface area contributed by atoms with Gasteiger partial charge >= 0.3 is 6.09 Å². The summed E-state index contributed by atoms with van der Waals surface area (Å²) < 4.78 is 11.2. The zero-order chi connectivity index (χ0) is 20.7. The lowest BCUT2D eigenvalue weighted by Crippen LogP contribution is -2.46. The summed E-state index contributed by atoms with van der Waals surface area (Å²) in [5.74, 6) is 0. The molecule has 0 unspecified atom stereocenters. The summed E-state index contributed by atoms with van der Waals surface area (Å²) in [6.07, 6.45) is 7.67. The Hall–Kier alpha value is -2.59. The second-order valence-corrected chi connectivity index (χ2v) is 8.57. The van der Waals surface area contributed by atoms with E-state index in [2.05, 4.69) is 18.2 Å². The number of amides is 1. The Labute approximate surface area is 179 Å². The van der Waals surface area contributed by atoms with E-state index in [9.17, 15) is 4.79 Å². The van der Waals surface area contributed by atoms with Gasteiger partial charge in [0.2, 0.25) is 0 Å². The fourth-order valence-corrected chi connectivity index (χ4v) is 4.49. The van der Waals surface area contributed by atoms with Gasteiger partial charge in [-0.15, -0.1) is 0 Å². The van der Waals surface area contributed by atoms with Crippen LogP contribution in [0.1, 0.15) is 43.2 Å². The molecule has 2 aromatic rings. The molecule has 0 radical (unpaired) electrons. The number of ether oxygens (including phenoxy) is 2. The zero-order valence-corrected chi connectivity index (χ0v) is 17.6. The first-order valence-electron chi connectivity index (χ1n) is 11.0.